The third kappa shape index (κ3) is 13.2. The van der Waals surface area contributed by atoms with Crippen LogP contribution in [-0.4, -0.2) is 140 Å². The molecule has 11 atom stereocenters. The van der Waals surface area contributed by atoms with Crippen molar-refractivity contribution in [1.29, 1.82) is 0 Å². The van der Waals surface area contributed by atoms with Gasteiger partial charge in [-0.15, -0.1) is 0 Å². The van der Waals surface area contributed by atoms with E-state index in [1.54, 1.807) is 47.5 Å². The molecule has 310 valence electrons. The zero-order valence-electron chi connectivity index (χ0n) is 34.9. The van der Waals surface area contributed by atoms with E-state index < -0.39 is 54.9 Å². The number of fused-ring (bicyclic) bond motifs is 2. The van der Waals surface area contributed by atoms with Gasteiger partial charge in [0.2, 0.25) is 5.91 Å². The van der Waals surface area contributed by atoms with Crippen molar-refractivity contribution < 1.29 is 47.4 Å². The Labute approximate surface area is 322 Å². The summed E-state index contributed by atoms with van der Waals surface area (Å²) in [4.78, 5) is 14.3. The van der Waals surface area contributed by atoms with Crippen molar-refractivity contribution in [3.63, 3.8) is 0 Å². The molecule has 5 rings (SSSR count). The minimum atomic E-state index is -0.550. The molecule has 0 aromatic heterocycles. The van der Waals surface area contributed by atoms with E-state index in [1.807, 2.05) is 0 Å². The third-order valence-electron chi connectivity index (χ3n) is 11.9. The van der Waals surface area contributed by atoms with E-state index in [-0.39, 0.29) is 23.5 Å². The number of nitrogens with zero attached hydrogens (tertiary/aromatic N) is 1. The van der Waals surface area contributed by atoms with Gasteiger partial charge in [-0.25, -0.2) is 0 Å². The second kappa shape index (κ2) is 24.5. The molecule has 0 N–H and O–H groups in total. The highest BCUT2D eigenvalue weighted by Crippen LogP contribution is 2.41. The second-order valence-corrected chi connectivity index (χ2v) is 16.1. The van der Waals surface area contributed by atoms with Crippen molar-refractivity contribution in [2.45, 2.75) is 184 Å². The lowest BCUT2D eigenvalue weighted by atomic mass is 9.75. The fraction of sp³-hybridized carbons (Fsp3) is 0.929. The number of carbonyl (C=O) groups is 1. The van der Waals surface area contributed by atoms with Crippen LogP contribution in [0.1, 0.15) is 117 Å². The first kappa shape index (κ1) is 46.2. The molecule has 0 aliphatic carbocycles. The van der Waals surface area contributed by atoms with Gasteiger partial charge in [0.15, 0.2) is 0 Å². The molecule has 11 nitrogen and oxygen atoms in total. The summed E-state index contributed by atoms with van der Waals surface area (Å²) >= 11 is 0. The van der Waals surface area contributed by atoms with Gasteiger partial charge in [-0.3, -0.25) is 4.79 Å². The van der Waals surface area contributed by atoms with Crippen molar-refractivity contribution in [3.8, 4) is 0 Å². The fourth-order valence-electron chi connectivity index (χ4n) is 8.77. The van der Waals surface area contributed by atoms with Gasteiger partial charge < -0.3 is 47.5 Å². The molecule has 0 aromatic rings. The first-order chi connectivity index (χ1) is 25.6. The molecule has 5 heterocycles. The molecule has 0 aromatic carbocycles. The summed E-state index contributed by atoms with van der Waals surface area (Å²) in [6, 6.07) is 0. The van der Waals surface area contributed by atoms with Crippen LogP contribution in [0, 0.1) is 5.41 Å². The number of methoxy groups -OCH3 is 5. The lowest BCUT2D eigenvalue weighted by Gasteiger charge is -2.52. The van der Waals surface area contributed by atoms with Gasteiger partial charge in [0, 0.05) is 55.7 Å². The number of amides is 1. The van der Waals surface area contributed by atoms with Gasteiger partial charge in [-0.1, -0.05) is 104 Å². The highest BCUT2D eigenvalue weighted by molar-refractivity contribution is 5.86. The van der Waals surface area contributed by atoms with Crippen molar-refractivity contribution in [3.05, 3.63) is 12.7 Å². The number of hydrogen-bond acceptors (Lipinski definition) is 10. The van der Waals surface area contributed by atoms with Crippen LogP contribution in [0.25, 0.3) is 0 Å². The van der Waals surface area contributed by atoms with Crippen molar-refractivity contribution in [1.82, 2.24) is 4.90 Å². The minimum absolute atomic E-state index is 0.168. The maximum absolute atomic E-state index is 12.7. The Hall–Kier alpha value is -1.15. The maximum Gasteiger partial charge on any atom is 0.245 e. The predicted molar refractivity (Wildman–Crippen MR) is 207 cm³/mol. The van der Waals surface area contributed by atoms with Crippen LogP contribution in [0.5, 0.6) is 0 Å². The summed E-state index contributed by atoms with van der Waals surface area (Å²) in [5.74, 6) is -0.190. The highest BCUT2D eigenvalue weighted by Gasteiger charge is 2.55. The van der Waals surface area contributed by atoms with E-state index >= 15 is 0 Å². The number of likely N-dealkylation sites (N-methyl/N-ethyl adjacent to an activating group) is 1. The van der Waals surface area contributed by atoms with Crippen LogP contribution in [0.2, 0.25) is 0 Å². The summed E-state index contributed by atoms with van der Waals surface area (Å²) in [7, 11) is 10.2. The first-order valence-corrected chi connectivity index (χ1v) is 20.7. The Morgan fingerprint density at radius 3 is 1.66 bits per heavy atom. The second-order valence-electron chi connectivity index (χ2n) is 16.1. The van der Waals surface area contributed by atoms with Gasteiger partial charge in [-0.2, -0.15) is 0 Å². The Bertz CT molecular complexity index is 1010. The van der Waals surface area contributed by atoms with Crippen molar-refractivity contribution in [2.24, 2.45) is 5.41 Å². The lowest BCUT2D eigenvalue weighted by Crippen LogP contribution is -2.67. The van der Waals surface area contributed by atoms with E-state index in [0.29, 0.717) is 26.2 Å². The summed E-state index contributed by atoms with van der Waals surface area (Å²) in [6.45, 7) is 11.5. The van der Waals surface area contributed by atoms with Gasteiger partial charge >= 0.3 is 0 Å². The summed E-state index contributed by atoms with van der Waals surface area (Å²) in [6.07, 6.45) is 14.1. The van der Waals surface area contributed by atoms with Crippen LogP contribution < -0.4 is 0 Å². The van der Waals surface area contributed by atoms with Gasteiger partial charge in [0.1, 0.15) is 54.9 Å². The summed E-state index contributed by atoms with van der Waals surface area (Å²) in [5, 5.41) is 0. The molecule has 0 spiro atoms. The quantitative estimate of drug-likeness (QED) is 0.218. The Morgan fingerprint density at radius 2 is 1.15 bits per heavy atom. The molecule has 11 heteroatoms. The van der Waals surface area contributed by atoms with E-state index in [1.165, 1.54) is 70.3 Å². The third-order valence-corrected chi connectivity index (χ3v) is 11.9. The topological polar surface area (TPSA) is 103 Å². The van der Waals surface area contributed by atoms with Crippen LogP contribution >= 0.6 is 0 Å². The Balaban J connectivity index is 1.97. The number of carbonyl (C=O) groups excluding carboxylic acids is 1. The monoisotopic (exact) mass is 756 g/mol. The number of rotatable bonds is 10. The molecular weight excluding hydrogens is 678 g/mol. The van der Waals surface area contributed by atoms with E-state index in [0.717, 1.165) is 25.7 Å². The zero-order chi connectivity index (χ0) is 38.8. The minimum Gasteiger partial charge on any atom is -0.382 e. The van der Waals surface area contributed by atoms with Gasteiger partial charge in [-0.05, 0) is 30.8 Å². The first-order valence-electron chi connectivity index (χ1n) is 20.7. The van der Waals surface area contributed by atoms with E-state index in [4.69, 9.17) is 42.6 Å². The molecule has 11 unspecified atom stereocenters. The molecule has 5 fully saturated rings. The maximum atomic E-state index is 12.7. The summed E-state index contributed by atoms with van der Waals surface area (Å²) < 4.78 is 58.2. The molecule has 53 heavy (non-hydrogen) atoms. The van der Waals surface area contributed by atoms with Crippen LogP contribution in [0.15, 0.2) is 12.7 Å². The molecule has 5 aliphatic rings. The summed E-state index contributed by atoms with van der Waals surface area (Å²) in [5.41, 5.74) is -0.168. The molecule has 0 radical (unpaired) electrons. The van der Waals surface area contributed by atoms with E-state index in [2.05, 4.69) is 27.4 Å². The zero-order valence-corrected chi connectivity index (χ0v) is 34.9. The largest absolute Gasteiger partial charge is 0.382 e. The number of ether oxygens (including phenoxy) is 9. The van der Waals surface area contributed by atoms with Crippen molar-refractivity contribution in [2.75, 3.05) is 62.4 Å². The predicted octanol–water partition coefficient (Wildman–Crippen LogP) is 6.92. The van der Waals surface area contributed by atoms with Crippen LogP contribution in [0.3, 0.4) is 0 Å². The normalized spacial score (nSPS) is 36.1. The van der Waals surface area contributed by atoms with Crippen LogP contribution in [0.4, 0.5) is 0 Å². The molecule has 5 saturated heterocycles. The highest BCUT2D eigenvalue weighted by atomic mass is 16.6. The van der Waals surface area contributed by atoms with Gasteiger partial charge in [0.05, 0.1) is 18.8 Å². The van der Waals surface area contributed by atoms with Crippen molar-refractivity contribution >= 4 is 5.91 Å². The molecular formula is C42H77NO10. The number of hydrogen-bond donors (Lipinski definition) is 0. The fourth-order valence-corrected chi connectivity index (χ4v) is 8.77. The van der Waals surface area contributed by atoms with Crippen LogP contribution in [-0.2, 0) is 47.4 Å². The average Bonchev–Trinajstić information content (AvgIpc) is 3.15. The Kier molecular flexibility index (Phi) is 21.4. The molecule has 5 aliphatic heterocycles. The molecule has 1 amide bonds. The molecule has 0 saturated carbocycles. The van der Waals surface area contributed by atoms with E-state index in [9.17, 15) is 4.79 Å². The lowest BCUT2D eigenvalue weighted by molar-refractivity contribution is -0.307. The van der Waals surface area contributed by atoms with Gasteiger partial charge in [0.25, 0.3) is 0 Å². The Morgan fingerprint density at radius 1 is 0.679 bits per heavy atom. The smallest absolute Gasteiger partial charge is 0.245 e. The molecule has 4 bridgehead atoms. The standard InChI is InChI=1S/C42H77NO10/c1-11-30-35-38(47-8)37(46-7)34(31(52-35)28-43(5)33(44)12-2)50-27-25-23-21-19-17-15-13-14-16-18-20-22-24-26-42(3,4)41-40(49-10)39(48-9)36(51-30)32(53-41)29-45-6/h12,30-32,34-41H,2,11,13-29H2,1,3-10H3. The SMILES string of the molecule is C=CC(=O)N(C)CC1OC2C(CC)OC3C(COC)OC(C(OC)C3OC)C(C)(C)CCCCCCCCCCCCCCCOC1C(OC)C2OC. The average molecular weight is 756 g/mol.